The second-order valence-electron chi connectivity index (χ2n) is 5.53. The number of nitrogens with zero attached hydrogens (tertiary/aromatic N) is 2. The molecular formula is C16H20N2O3. The molecule has 0 radical (unpaired) electrons. The first-order chi connectivity index (χ1) is 10.2. The molecule has 0 aliphatic carbocycles. The lowest BCUT2D eigenvalue weighted by atomic mass is 10.1. The molecule has 1 aromatic heterocycles. The zero-order valence-electron chi connectivity index (χ0n) is 12.2. The van der Waals surface area contributed by atoms with Gasteiger partial charge in [-0.1, -0.05) is 13.0 Å². The Balaban J connectivity index is 1.95. The molecule has 2 aromatic rings. The standard InChI is InChI=1S/C16H20N2O3/c1-2-14-17-15-12(16(19)20)4-3-5-13(15)18(14)8-6-11-7-9-21-10-11/h3-5,11H,2,6-10H2,1H3,(H,19,20). The fourth-order valence-electron chi connectivity index (χ4n) is 3.01. The van der Waals surface area contributed by atoms with Crippen LogP contribution in [0.4, 0.5) is 0 Å². The first-order valence-electron chi connectivity index (χ1n) is 7.50. The lowest BCUT2D eigenvalue weighted by Crippen LogP contribution is -2.08. The van der Waals surface area contributed by atoms with Crippen molar-refractivity contribution in [2.45, 2.75) is 32.7 Å². The minimum Gasteiger partial charge on any atom is -0.478 e. The van der Waals surface area contributed by atoms with Gasteiger partial charge in [0.05, 0.1) is 11.1 Å². The predicted octanol–water partition coefficient (Wildman–Crippen LogP) is 2.72. The number of hydrogen-bond acceptors (Lipinski definition) is 3. The predicted molar refractivity (Wildman–Crippen MR) is 79.6 cm³/mol. The van der Waals surface area contributed by atoms with Gasteiger partial charge in [0.1, 0.15) is 11.3 Å². The van der Waals surface area contributed by atoms with Crippen LogP contribution >= 0.6 is 0 Å². The Labute approximate surface area is 123 Å². The molecule has 21 heavy (non-hydrogen) atoms. The molecule has 1 N–H and O–H groups in total. The normalized spacial score (nSPS) is 18.4. The largest absolute Gasteiger partial charge is 0.478 e. The van der Waals surface area contributed by atoms with Gasteiger partial charge in [0, 0.05) is 26.2 Å². The van der Waals surface area contributed by atoms with Crippen molar-refractivity contribution in [2.24, 2.45) is 5.92 Å². The summed E-state index contributed by atoms with van der Waals surface area (Å²) in [5, 5.41) is 9.29. The topological polar surface area (TPSA) is 64.3 Å². The molecule has 0 bridgehead atoms. The van der Waals surface area contributed by atoms with Crippen LogP contribution in [0.3, 0.4) is 0 Å². The zero-order valence-corrected chi connectivity index (χ0v) is 12.2. The number of carboxylic acid groups (broad SMARTS) is 1. The number of rotatable bonds is 5. The fourth-order valence-corrected chi connectivity index (χ4v) is 3.01. The number of hydrogen-bond donors (Lipinski definition) is 1. The minimum absolute atomic E-state index is 0.283. The monoisotopic (exact) mass is 288 g/mol. The van der Waals surface area contributed by atoms with E-state index in [1.807, 2.05) is 6.07 Å². The third-order valence-electron chi connectivity index (χ3n) is 4.19. The Hall–Kier alpha value is -1.88. The minimum atomic E-state index is -0.919. The Morgan fingerprint density at radius 1 is 1.52 bits per heavy atom. The molecule has 112 valence electrons. The summed E-state index contributed by atoms with van der Waals surface area (Å²) in [6, 6.07) is 5.37. The lowest BCUT2D eigenvalue weighted by Gasteiger charge is -2.11. The SMILES string of the molecule is CCc1nc2c(C(=O)O)cccc2n1CCC1CCOC1. The number of fused-ring (bicyclic) bond motifs is 1. The highest BCUT2D eigenvalue weighted by molar-refractivity contribution is 6.01. The number of aromatic carboxylic acids is 1. The first kappa shape index (κ1) is 14.1. The van der Waals surface area contributed by atoms with E-state index in [4.69, 9.17) is 4.74 Å². The van der Waals surface area contributed by atoms with E-state index in [1.54, 1.807) is 12.1 Å². The van der Waals surface area contributed by atoms with Crippen molar-refractivity contribution in [1.82, 2.24) is 9.55 Å². The third-order valence-corrected chi connectivity index (χ3v) is 4.19. The van der Waals surface area contributed by atoms with E-state index >= 15 is 0 Å². The van der Waals surface area contributed by atoms with Gasteiger partial charge < -0.3 is 14.4 Å². The highest BCUT2D eigenvalue weighted by Gasteiger charge is 2.19. The van der Waals surface area contributed by atoms with Gasteiger partial charge in [-0.2, -0.15) is 0 Å². The Kier molecular flexibility index (Phi) is 3.92. The molecule has 1 atom stereocenters. The molecule has 1 fully saturated rings. The van der Waals surface area contributed by atoms with Gasteiger partial charge in [0.15, 0.2) is 0 Å². The maximum Gasteiger partial charge on any atom is 0.337 e. The van der Waals surface area contributed by atoms with Crippen LogP contribution in [0.25, 0.3) is 11.0 Å². The maximum absolute atomic E-state index is 11.3. The number of benzene rings is 1. The summed E-state index contributed by atoms with van der Waals surface area (Å²) in [4.78, 5) is 15.9. The average Bonchev–Trinajstić information content (AvgIpc) is 3.11. The van der Waals surface area contributed by atoms with Gasteiger partial charge in [-0.25, -0.2) is 9.78 Å². The number of imidazole rings is 1. The number of aromatic nitrogens is 2. The van der Waals surface area contributed by atoms with E-state index in [2.05, 4.69) is 16.5 Å². The average molecular weight is 288 g/mol. The van der Waals surface area contributed by atoms with Crippen molar-refractivity contribution >= 4 is 17.0 Å². The van der Waals surface area contributed by atoms with Gasteiger partial charge in [0.2, 0.25) is 0 Å². The van der Waals surface area contributed by atoms with Crippen LogP contribution < -0.4 is 0 Å². The number of carboxylic acids is 1. The van der Waals surface area contributed by atoms with E-state index in [0.717, 1.165) is 50.4 Å². The van der Waals surface area contributed by atoms with E-state index in [9.17, 15) is 9.90 Å². The zero-order chi connectivity index (χ0) is 14.8. The summed E-state index contributed by atoms with van der Waals surface area (Å²) >= 11 is 0. The van der Waals surface area contributed by atoms with Crippen LogP contribution in [0.1, 0.15) is 35.9 Å². The quantitative estimate of drug-likeness (QED) is 0.918. The summed E-state index contributed by atoms with van der Waals surface area (Å²) in [6.45, 7) is 4.63. The van der Waals surface area contributed by atoms with Crippen LogP contribution in [0, 0.1) is 5.92 Å². The molecule has 1 aliphatic heterocycles. The van der Waals surface area contributed by atoms with Crippen molar-refractivity contribution in [3.8, 4) is 0 Å². The second-order valence-corrected chi connectivity index (χ2v) is 5.53. The van der Waals surface area contributed by atoms with Crippen LogP contribution in [0.2, 0.25) is 0 Å². The van der Waals surface area contributed by atoms with Gasteiger partial charge in [0.25, 0.3) is 0 Å². The molecule has 5 nitrogen and oxygen atoms in total. The molecular weight excluding hydrogens is 268 g/mol. The van der Waals surface area contributed by atoms with Gasteiger partial charge in [-0.3, -0.25) is 0 Å². The molecule has 0 saturated carbocycles. The molecule has 5 heteroatoms. The smallest absolute Gasteiger partial charge is 0.337 e. The van der Waals surface area contributed by atoms with E-state index in [0.29, 0.717) is 11.4 Å². The number of aryl methyl sites for hydroxylation is 2. The van der Waals surface area contributed by atoms with Gasteiger partial charge >= 0.3 is 5.97 Å². The van der Waals surface area contributed by atoms with Crippen LogP contribution in [0.5, 0.6) is 0 Å². The second kappa shape index (κ2) is 5.85. The van der Waals surface area contributed by atoms with Crippen molar-refractivity contribution in [2.75, 3.05) is 13.2 Å². The molecule has 1 saturated heterocycles. The summed E-state index contributed by atoms with van der Waals surface area (Å²) in [6.07, 6.45) is 2.97. The highest BCUT2D eigenvalue weighted by Crippen LogP contribution is 2.23. The maximum atomic E-state index is 11.3. The Morgan fingerprint density at radius 2 is 2.38 bits per heavy atom. The van der Waals surface area contributed by atoms with Crippen molar-refractivity contribution < 1.29 is 14.6 Å². The highest BCUT2D eigenvalue weighted by atomic mass is 16.5. The lowest BCUT2D eigenvalue weighted by molar-refractivity contribution is 0.0699. The van der Waals surface area contributed by atoms with Crippen LogP contribution in [0.15, 0.2) is 18.2 Å². The molecule has 1 aromatic carbocycles. The van der Waals surface area contributed by atoms with Crippen molar-refractivity contribution in [3.63, 3.8) is 0 Å². The number of ether oxygens (including phenoxy) is 1. The summed E-state index contributed by atoms with van der Waals surface area (Å²) in [7, 11) is 0. The fraction of sp³-hybridized carbons (Fsp3) is 0.500. The summed E-state index contributed by atoms with van der Waals surface area (Å²) in [5.41, 5.74) is 1.81. The van der Waals surface area contributed by atoms with Crippen molar-refractivity contribution in [1.29, 1.82) is 0 Å². The first-order valence-corrected chi connectivity index (χ1v) is 7.50. The number of carbonyl (C=O) groups is 1. The molecule has 3 rings (SSSR count). The van der Waals surface area contributed by atoms with E-state index in [1.165, 1.54) is 0 Å². The summed E-state index contributed by atoms with van der Waals surface area (Å²) in [5.74, 6) is 0.643. The Morgan fingerprint density at radius 3 is 3.05 bits per heavy atom. The molecule has 1 aliphatic rings. The number of para-hydroxylation sites is 1. The summed E-state index contributed by atoms with van der Waals surface area (Å²) < 4.78 is 7.59. The molecule has 1 unspecified atom stereocenters. The molecule has 0 spiro atoms. The van der Waals surface area contributed by atoms with Gasteiger partial charge in [-0.15, -0.1) is 0 Å². The van der Waals surface area contributed by atoms with Crippen LogP contribution in [-0.2, 0) is 17.7 Å². The van der Waals surface area contributed by atoms with E-state index < -0.39 is 5.97 Å². The Bertz CT molecular complexity index is 657. The third kappa shape index (κ3) is 2.65. The van der Waals surface area contributed by atoms with Crippen molar-refractivity contribution in [3.05, 3.63) is 29.6 Å². The molecule has 2 heterocycles. The molecule has 0 amide bonds. The van der Waals surface area contributed by atoms with E-state index in [-0.39, 0.29) is 5.56 Å². The van der Waals surface area contributed by atoms with Gasteiger partial charge in [-0.05, 0) is 30.9 Å². The van der Waals surface area contributed by atoms with Crippen LogP contribution in [-0.4, -0.2) is 33.8 Å².